The normalized spacial score (nSPS) is 11.4. The van der Waals surface area contributed by atoms with Gasteiger partial charge in [0.1, 0.15) is 0 Å². The van der Waals surface area contributed by atoms with Crippen molar-refractivity contribution >= 4 is 16.1 Å². The number of carbonyl (C=O) groups excluding carboxylic acids is 1. The number of rotatable bonds is 11. The van der Waals surface area contributed by atoms with Crippen LogP contribution in [0.25, 0.3) is 0 Å². The van der Waals surface area contributed by atoms with E-state index in [1.54, 1.807) is 6.92 Å². The highest BCUT2D eigenvalue weighted by Crippen LogP contribution is 2.08. The van der Waals surface area contributed by atoms with Gasteiger partial charge in [-0.3, -0.25) is 4.89 Å². The van der Waals surface area contributed by atoms with E-state index in [1.165, 1.54) is 19.3 Å². The van der Waals surface area contributed by atoms with Gasteiger partial charge in [0, 0.05) is 6.42 Å². The summed E-state index contributed by atoms with van der Waals surface area (Å²) in [5.41, 5.74) is 0. The Morgan fingerprint density at radius 1 is 0.944 bits per heavy atom. The molecule has 0 saturated carbocycles. The molecule has 0 saturated heterocycles. The molecule has 0 rings (SSSR count). The van der Waals surface area contributed by atoms with E-state index in [2.05, 4.69) is 16.1 Å². The lowest BCUT2D eigenvalue weighted by atomic mass is 10.1. The minimum absolute atomic E-state index is 0.0902. The molecule has 5 nitrogen and oxygen atoms in total. The van der Waals surface area contributed by atoms with Crippen LogP contribution in [-0.2, 0) is 24.1 Å². The van der Waals surface area contributed by atoms with Gasteiger partial charge in [-0.2, -0.15) is 8.42 Å². The number of unbranched alkanes of at least 4 members (excludes halogenated alkanes) is 6. The third-order valence-corrected chi connectivity index (χ3v) is 3.58. The smallest absolute Gasteiger partial charge is 0.282 e. The van der Waals surface area contributed by atoms with Crippen LogP contribution in [0.1, 0.15) is 65.2 Å². The molecular weight excluding hydrogens is 256 g/mol. The van der Waals surface area contributed by atoms with Crippen molar-refractivity contribution in [2.24, 2.45) is 0 Å². The monoisotopic (exact) mass is 280 g/mol. The maximum atomic E-state index is 11.3. The zero-order valence-corrected chi connectivity index (χ0v) is 12.1. The van der Waals surface area contributed by atoms with Crippen LogP contribution < -0.4 is 0 Å². The van der Waals surface area contributed by atoms with Gasteiger partial charge >= 0.3 is 16.1 Å². The molecule has 0 aliphatic heterocycles. The molecule has 108 valence electrons. The molecule has 0 atom stereocenters. The standard InChI is InChI=1S/C12H24O5S/c1-3-5-6-7-8-9-10-11-18(14,15)17-16-12(13)4-2/h3-11H2,1-2H3. The summed E-state index contributed by atoms with van der Waals surface area (Å²) in [5, 5.41) is 0. The van der Waals surface area contributed by atoms with Crippen molar-refractivity contribution in [3.05, 3.63) is 0 Å². The van der Waals surface area contributed by atoms with Crippen molar-refractivity contribution in [1.82, 2.24) is 0 Å². The predicted molar refractivity (Wildman–Crippen MR) is 69.2 cm³/mol. The van der Waals surface area contributed by atoms with Crippen LogP contribution in [0.2, 0.25) is 0 Å². The lowest BCUT2D eigenvalue weighted by Gasteiger charge is -2.03. The Hall–Kier alpha value is -0.620. The Labute approximate surface area is 110 Å². The van der Waals surface area contributed by atoms with Crippen molar-refractivity contribution in [3.8, 4) is 0 Å². The van der Waals surface area contributed by atoms with Gasteiger partial charge < -0.3 is 0 Å². The summed E-state index contributed by atoms with van der Waals surface area (Å²) in [6, 6.07) is 0. The molecule has 0 aliphatic rings. The van der Waals surface area contributed by atoms with Gasteiger partial charge in [-0.05, 0) is 6.42 Å². The predicted octanol–water partition coefficient (Wildman–Crippen LogP) is 2.95. The first-order chi connectivity index (χ1) is 8.52. The van der Waals surface area contributed by atoms with Crippen LogP contribution in [0.3, 0.4) is 0 Å². The van der Waals surface area contributed by atoms with Crippen LogP contribution in [0.4, 0.5) is 0 Å². The highest BCUT2D eigenvalue weighted by Gasteiger charge is 2.14. The van der Waals surface area contributed by atoms with Gasteiger partial charge in [-0.15, -0.1) is 0 Å². The van der Waals surface area contributed by atoms with Gasteiger partial charge in [-0.25, -0.2) is 4.79 Å². The molecule has 0 aromatic rings. The molecule has 0 fully saturated rings. The molecule has 0 aliphatic carbocycles. The quantitative estimate of drug-likeness (QED) is 0.330. The fourth-order valence-electron chi connectivity index (χ4n) is 1.42. The average Bonchev–Trinajstić information content (AvgIpc) is 2.35. The SMILES string of the molecule is CCCCCCCCCS(=O)(=O)OOC(=O)CC. The zero-order chi connectivity index (χ0) is 13.9. The number of carbonyl (C=O) groups is 1. The van der Waals surface area contributed by atoms with Crippen molar-refractivity contribution in [2.45, 2.75) is 65.2 Å². The van der Waals surface area contributed by atoms with Gasteiger partial charge in [-0.1, -0.05) is 56.7 Å². The Morgan fingerprint density at radius 2 is 1.50 bits per heavy atom. The van der Waals surface area contributed by atoms with Crippen LogP contribution in [0.5, 0.6) is 0 Å². The highest BCUT2D eigenvalue weighted by atomic mass is 32.2. The minimum Gasteiger partial charge on any atom is -0.282 e. The maximum absolute atomic E-state index is 11.3. The van der Waals surface area contributed by atoms with E-state index in [9.17, 15) is 13.2 Å². The molecule has 0 aromatic heterocycles. The first-order valence-corrected chi connectivity index (χ1v) is 8.21. The van der Waals surface area contributed by atoms with Crippen LogP contribution in [0.15, 0.2) is 0 Å². The number of hydrogen-bond donors (Lipinski definition) is 0. The lowest BCUT2D eigenvalue weighted by molar-refractivity contribution is -0.210. The van der Waals surface area contributed by atoms with Crippen molar-refractivity contribution in [2.75, 3.05) is 5.75 Å². The Balaban J connectivity index is 3.56. The van der Waals surface area contributed by atoms with E-state index in [0.29, 0.717) is 6.42 Å². The van der Waals surface area contributed by atoms with E-state index < -0.39 is 16.1 Å². The minimum atomic E-state index is -3.73. The summed E-state index contributed by atoms with van der Waals surface area (Å²) in [4.78, 5) is 14.9. The molecular formula is C12H24O5S. The largest absolute Gasteiger partial charge is 0.343 e. The highest BCUT2D eigenvalue weighted by molar-refractivity contribution is 7.86. The molecule has 0 heterocycles. The summed E-state index contributed by atoms with van der Waals surface area (Å²) in [6.45, 7) is 3.72. The van der Waals surface area contributed by atoms with E-state index in [-0.39, 0.29) is 12.2 Å². The van der Waals surface area contributed by atoms with Crippen molar-refractivity contribution in [1.29, 1.82) is 0 Å². The van der Waals surface area contributed by atoms with Gasteiger partial charge in [0.25, 0.3) is 0 Å². The first-order valence-electron chi connectivity index (χ1n) is 6.63. The van der Waals surface area contributed by atoms with E-state index in [0.717, 1.165) is 19.3 Å². The summed E-state index contributed by atoms with van der Waals surface area (Å²) < 4.78 is 26.7. The first kappa shape index (κ1) is 17.4. The fraction of sp³-hybridized carbons (Fsp3) is 0.917. The van der Waals surface area contributed by atoms with Crippen LogP contribution in [-0.4, -0.2) is 20.1 Å². The topological polar surface area (TPSA) is 69.7 Å². The molecule has 0 aromatic carbocycles. The zero-order valence-electron chi connectivity index (χ0n) is 11.3. The summed E-state index contributed by atoms with van der Waals surface area (Å²) in [5.74, 6) is -0.782. The molecule has 0 radical (unpaired) electrons. The molecule has 18 heavy (non-hydrogen) atoms. The van der Waals surface area contributed by atoms with E-state index in [1.807, 2.05) is 0 Å². The van der Waals surface area contributed by atoms with E-state index >= 15 is 0 Å². The van der Waals surface area contributed by atoms with Crippen molar-refractivity contribution < 1.29 is 22.4 Å². The van der Waals surface area contributed by atoms with Gasteiger partial charge in [0.2, 0.25) is 0 Å². The summed E-state index contributed by atoms with van der Waals surface area (Å²) >= 11 is 0. The Bertz CT molecular complexity index is 310. The summed E-state index contributed by atoms with van der Waals surface area (Å²) in [7, 11) is -3.73. The van der Waals surface area contributed by atoms with Crippen LogP contribution in [0, 0.1) is 0 Å². The van der Waals surface area contributed by atoms with E-state index in [4.69, 9.17) is 0 Å². The second-order valence-corrected chi connectivity index (χ2v) is 5.92. The molecule has 0 amide bonds. The average molecular weight is 280 g/mol. The van der Waals surface area contributed by atoms with Gasteiger partial charge in [0.15, 0.2) is 0 Å². The lowest BCUT2D eigenvalue weighted by Crippen LogP contribution is -2.14. The Kier molecular flexibility index (Phi) is 9.96. The third kappa shape index (κ3) is 10.5. The van der Waals surface area contributed by atoms with Crippen molar-refractivity contribution in [3.63, 3.8) is 0 Å². The second-order valence-electron chi connectivity index (χ2n) is 4.26. The molecule has 0 bridgehead atoms. The molecule has 0 unspecified atom stereocenters. The maximum Gasteiger partial charge on any atom is 0.343 e. The number of hydrogen-bond acceptors (Lipinski definition) is 5. The molecule has 6 heteroatoms. The Morgan fingerprint density at radius 3 is 2.06 bits per heavy atom. The second kappa shape index (κ2) is 10.3. The molecule has 0 N–H and O–H groups in total. The van der Waals surface area contributed by atoms with Gasteiger partial charge in [0.05, 0.1) is 5.75 Å². The fourth-order valence-corrected chi connectivity index (χ4v) is 2.22. The molecule has 0 spiro atoms. The third-order valence-electron chi connectivity index (χ3n) is 2.52. The van der Waals surface area contributed by atoms with Crippen LogP contribution >= 0.6 is 0 Å². The summed E-state index contributed by atoms with van der Waals surface area (Å²) in [6.07, 6.45) is 7.29.